The lowest BCUT2D eigenvalue weighted by molar-refractivity contribution is -0.136. The van der Waals surface area contributed by atoms with Gasteiger partial charge in [-0.2, -0.15) is 11.8 Å². The number of carbonyl (C=O) groups is 1. The molecule has 0 fully saturated rings. The molecule has 0 heterocycles. The van der Waals surface area contributed by atoms with Crippen LogP contribution < -0.4 is 0 Å². The maximum Gasteiger partial charge on any atom is 0.304 e. The molecule has 0 amide bonds. The van der Waals surface area contributed by atoms with E-state index in [4.69, 9.17) is 5.11 Å². The number of aliphatic carboxylic acids is 1. The van der Waals surface area contributed by atoms with E-state index in [2.05, 4.69) is 32.0 Å². The Hall–Kier alpha value is -0.960. The van der Waals surface area contributed by atoms with E-state index in [1.54, 1.807) is 11.8 Å². The molecule has 1 aromatic rings. The van der Waals surface area contributed by atoms with Crippen molar-refractivity contribution in [2.45, 2.75) is 38.2 Å². The van der Waals surface area contributed by atoms with Crippen molar-refractivity contribution >= 4 is 17.7 Å². The lowest BCUT2D eigenvalue weighted by Gasteiger charge is -2.12. The number of hydrogen-bond donors (Lipinski definition) is 1. The van der Waals surface area contributed by atoms with Gasteiger partial charge in [-0.25, -0.2) is 0 Å². The van der Waals surface area contributed by atoms with Gasteiger partial charge in [0.1, 0.15) is 0 Å². The van der Waals surface area contributed by atoms with Gasteiger partial charge in [-0.05, 0) is 30.5 Å². The maximum atomic E-state index is 10.5. The highest BCUT2D eigenvalue weighted by Crippen LogP contribution is 2.24. The molecule has 1 rings (SSSR count). The molecule has 1 unspecified atom stereocenters. The number of carboxylic acid groups (broad SMARTS) is 1. The lowest BCUT2D eigenvalue weighted by atomic mass is 10.1. The second-order valence-corrected chi connectivity index (χ2v) is 5.52. The molecule has 0 saturated heterocycles. The normalized spacial score (nSPS) is 12.4. The molecule has 88 valence electrons. The average Bonchev–Trinajstić information content (AvgIpc) is 2.15. The summed E-state index contributed by atoms with van der Waals surface area (Å²) in [6.45, 7) is 6.17. The van der Waals surface area contributed by atoms with Gasteiger partial charge in [0.25, 0.3) is 0 Å². The molecule has 16 heavy (non-hydrogen) atoms. The van der Waals surface area contributed by atoms with Crippen molar-refractivity contribution in [3.63, 3.8) is 0 Å². The topological polar surface area (TPSA) is 37.3 Å². The second kappa shape index (κ2) is 5.94. The second-order valence-electron chi connectivity index (χ2n) is 4.09. The zero-order chi connectivity index (χ0) is 12.1. The minimum atomic E-state index is -0.721. The molecule has 0 saturated carbocycles. The number of hydrogen-bond acceptors (Lipinski definition) is 2. The first-order chi connectivity index (χ1) is 7.50. The molecular weight excluding hydrogens is 220 g/mol. The third-order valence-corrected chi connectivity index (χ3v) is 3.81. The molecule has 0 aliphatic carbocycles. The van der Waals surface area contributed by atoms with Gasteiger partial charge in [-0.15, -0.1) is 0 Å². The van der Waals surface area contributed by atoms with Crippen LogP contribution in [0.1, 0.15) is 30.0 Å². The summed E-state index contributed by atoms with van der Waals surface area (Å²) in [6.07, 6.45) is 0.232. The summed E-state index contributed by atoms with van der Waals surface area (Å²) in [7, 11) is 0. The fourth-order valence-corrected chi connectivity index (χ4v) is 2.77. The highest BCUT2D eigenvalue weighted by molar-refractivity contribution is 7.99. The molecule has 2 nitrogen and oxygen atoms in total. The van der Waals surface area contributed by atoms with Crippen LogP contribution >= 0.6 is 11.8 Å². The molecule has 0 aromatic heterocycles. The van der Waals surface area contributed by atoms with Crippen LogP contribution in [0.4, 0.5) is 0 Å². The summed E-state index contributed by atoms with van der Waals surface area (Å²) >= 11 is 1.71. The van der Waals surface area contributed by atoms with Gasteiger partial charge in [0.2, 0.25) is 0 Å². The summed E-state index contributed by atoms with van der Waals surface area (Å²) in [5, 5.41) is 8.84. The van der Waals surface area contributed by atoms with E-state index in [0.29, 0.717) is 0 Å². The largest absolute Gasteiger partial charge is 0.481 e. The Balaban J connectivity index is 2.57. The van der Waals surface area contributed by atoms with Gasteiger partial charge >= 0.3 is 5.97 Å². The van der Waals surface area contributed by atoms with Crippen LogP contribution in [0.3, 0.4) is 0 Å². The highest BCUT2D eigenvalue weighted by Gasteiger charge is 2.09. The summed E-state index contributed by atoms with van der Waals surface area (Å²) in [5.74, 6) is 0.175. The van der Waals surface area contributed by atoms with Gasteiger partial charge in [0, 0.05) is 11.0 Å². The van der Waals surface area contributed by atoms with Crippen molar-refractivity contribution in [3.05, 3.63) is 34.9 Å². The van der Waals surface area contributed by atoms with Gasteiger partial charge in [0.05, 0.1) is 6.42 Å². The Bertz CT molecular complexity index is 354. The van der Waals surface area contributed by atoms with Crippen molar-refractivity contribution < 1.29 is 9.90 Å². The number of thioether (sulfide) groups is 1. The molecule has 1 aromatic carbocycles. The highest BCUT2D eigenvalue weighted by atomic mass is 32.2. The van der Waals surface area contributed by atoms with Crippen LogP contribution in [0.5, 0.6) is 0 Å². The Kier molecular flexibility index (Phi) is 4.87. The molecule has 0 aliphatic rings. The third kappa shape index (κ3) is 3.89. The summed E-state index contributed by atoms with van der Waals surface area (Å²) < 4.78 is 0. The first-order valence-corrected chi connectivity index (χ1v) is 6.44. The van der Waals surface area contributed by atoms with E-state index < -0.39 is 5.97 Å². The number of aryl methyl sites for hydroxylation is 2. The zero-order valence-corrected chi connectivity index (χ0v) is 10.8. The Labute approximate surface area is 101 Å². The summed E-state index contributed by atoms with van der Waals surface area (Å²) in [6, 6.07) is 6.26. The van der Waals surface area contributed by atoms with E-state index in [1.807, 2.05) is 6.92 Å². The molecule has 1 atom stereocenters. The quantitative estimate of drug-likeness (QED) is 0.854. The van der Waals surface area contributed by atoms with Crippen LogP contribution in [0, 0.1) is 13.8 Å². The van der Waals surface area contributed by atoms with Gasteiger partial charge in [-0.3, -0.25) is 4.79 Å². The fourth-order valence-electron chi connectivity index (χ4n) is 1.61. The predicted molar refractivity (Wildman–Crippen MR) is 68.9 cm³/mol. The van der Waals surface area contributed by atoms with Crippen molar-refractivity contribution in [1.29, 1.82) is 0 Å². The number of benzene rings is 1. The van der Waals surface area contributed by atoms with Gasteiger partial charge in [-0.1, -0.05) is 25.1 Å². The van der Waals surface area contributed by atoms with Crippen LogP contribution in [-0.4, -0.2) is 16.3 Å². The molecule has 0 aliphatic heterocycles. The molecule has 3 heteroatoms. The van der Waals surface area contributed by atoms with Crippen LogP contribution in [-0.2, 0) is 10.5 Å². The first kappa shape index (κ1) is 13.1. The predicted octanol–water partition coefficient (Wildman–Crippen LogP) is 3.40. The van der Waals surface area contributed by atoms with Crippen molar-refractivity contribution in [2.24, 2.45) is 0 Å². The summed E-state index contributed by atoms with van der Waals surface area (Å²) in [4.78, 5) is 10.5. The summed E-state index contributed by atoms with van der Waals surface area (Å²) in [5.41, 5.74) is 3.91. The minimum absolute atomic E-state index is 0.163. The van der Waals surface area contributed by atoms with E-state index in [-0.39, 0.29) is 11.7 Å². The molecular formula is C13H18O2S. The van der Waals surface area contributed by atoms with Gasteiger partial charge in [0.15, 0.2) is 0 Å². The smallest absolute Gasteiger partial charge is 0.304 e. The van der Waals surface area contributed by atoms with Gasteiger partial charge < -0.3 is 5.11 Å². The Morgan fingerprint density at radius 3 is 2.44 bits per heavy atom. The third-order valence-electron chi connectivity index (χ3n) is 2.62. The van der Waals surface area contributed by atoms with Crippen LogP contribution in [0.25, 0.3) is 0 Å². The molecule has 0 bridgehead atoms. The monoisotopic (exact) mass is 238 g/mol. The maximum absolute atomic E-state index is 10.5. The average molecular weight is 238 g/mol. The SMILES string of the molecule is Cc1cccc(C)c1CSC(C)CC(=O)O. The van der Waals surface area contributed by atoms with E-state index in [9.17, 15) is 4.79 Å². The zero-order valence-electron chi connectivity index (χ0n) is 9.99. The van der Waals surface area contributed by atoms with E-state index in [1.165, 1.54) is 16.7 Å². The Morgan fingerprint density at radius 1 is 1.38 bits per heavy atom. The first-order valence-electron chi connectivity index (χ1n) is 5.39. The minimum Gasteiger partial charge on any atom is -0.481 e. The standard InChI is InChI=1S/C13H18O2S/c1-9-5-4-6-10(2)12(9)8-16-11(3)7-13(14)15/h4-6,11H,7-8H2,1-3H3,(H,14,15). The molecule has 0 spiro atoms. The van der Waals surface area contributed by atoms with Crippen molar-refractivity contribution in [1.82, 2.24) is 0 Å². The van der Waals surface area contributed by atoms with Crippen LogP contribution in [0.2, 0.25) is 0 Å². The van der Waals surface area contributed by atoms with Crippen LogP contribution in [0.15, 0.2) is 18.2 Å². The Morgan fingerprint density at radius 2 is 1.94 bits per heavy atom. The number of carboxylic acids is 1. The lowest BCUT2D eigenvalue weighted by Crippen LogP contribution is -2.06. The molecule has 1 N–H and O–H groups in total. The fraction of sp³-hybridized carbons (Fsp3) is 0.462. The van der Waals surface area contributed by atoms with Crippen molar-refractivity contribution in [2.75, 3.05) is 0 Å². The van der Waals surface area contributed by atoms with E-state index in [0.717, 1.165) is 5.75 Å². The van der Waals surface area contributed by atoms with E-state index >= 15 is 0 Å². The van der Waals surface area contributed by atoms with Crippen molar-refractivity contribution in [3.8, 4) is 0 Å². The molecule has 0 radical (unpaired) electrons. The number of rotatable bonds is 5.